The number of hydrogen-bond acceptors (Lipinski definition) is 5. The molecule has 3 unspecified atom stereocenters. The quantitative estimate of drug-likeness (QED) is 0.291. The number of benzene rings is 4. The van der Waals surface area contributed by atoms with Crippen molar-refractivity contribution in [2.75, 3.05) is 13.6 Å². The highest BCUT2D eigenvalue weighted by Gasteiger charge is 2.32. The minimum atomic E-state index is -0.467. The number of likely N-dealkylation sites (N-methyl/N-ethyl adjacent to an activating group) is 1. The van der Waals surface area contributed by atoms with Crippen LogP contribution in [0.2, 0.25) is 0 Å². The summed E-state index contributed by atoms with van der Waals surface area (Å²) in [5.74, 6) is 0. The van der Waals surface area contributed by atoms with Crippen molar-refractivity contribution in [1.82, 2.24) is 4.90 Å². The molecule has 196 valence electrons. The van der Waals surface area contributed by atoms with Crippen molar-refractivity contribution in [3.63, 3.8) is 0 Å². The maximum atomic E-state index is 9.46. The van der Waals surface area contributed by atoms with Crippen LogP contribution in [0.15, 0.2) is 103 Å². The van der Waals surface area contributed by atoms with Crippen LogP contribution >= 0.6 is 0 Å². The highest BCUT2D eigenvalue weighted by atomic mass is 16.7. The van der Waals surface area contributed by atoms with Gasteiger partial charge in [0.15, 0.2) is 6.29 Å². The zero-order valence-electron chi connectivity index (χ0n) is 21.9. The Morgan fingerprint density at radius 3 is 2.18 bits per heavy atom. The second kappa shape index (κ2) is 12.5. The molecule has 1 aliphatic heterocycles. The molecule has 4 aromatic carbocycles. The van der Waals surface area contributed by atoms with E-state index in [0.29, 0.717) is 6.54 Å². The Labute approximate surface area is 225 Å². The predicted molar refractivity (Wildman–Crippen MR) is 151 cm³/mol. The Bertz CT molecular complexity index is 1290. The van der Waals surface area contributed by atoms with Gasteiger partial charge in [-0.15, -0.1) is 0 Å². The Morgan fingerprint density at radius 1 is 0.763 bits per heavy atom. The molecule has 0 aromatic heterocycles. The van der Waals surface area contributed by atoms with Gasteiger partial charge in [-0.1, -0.05) is 97.1 Å². The van der Waals surface area contributed by atoms with E-state index in [9.17, 15) is 5.11 Å². The fourth-order valence-corrected chi connectivity index (χ4v) is 5.05. The van der Waals surface area contributed by atoms with E-state index in [2.05, 4.69) is 84.7 Å². The first-order valence-electron chi connectivity index (χ1n) is 13.2. The molecule has 1 saturated heterocycles. The van der Waals surface area contributed by atoms with Gasteiger partial charge in [0.1, 0.15) is 0 Å². The first-order valence-corrected chi connectivity index (χ1v) is 13.2. The van der Waals surface area contributed by atoms with Crippen molar-refractivity contribution in [3.8, 4) is 11.1 Å². The highest BCUT2D eigenvalue weighted by molar-refractivity contribution is 5.64. The van der Waals surface area contributed by atoms with Gasteiger partial charge in [-0.3, -0.25) is 4.90 Å². The van der Waals surface area contributed by atoms with Gasteiger partial charge in [0, 0.05) is 31.6 Å². The molecule has 1 aliphatic rings. The molecule has 1 heterocycles. The molecule has 0 spiro atoms. The lowest BCUT2D eigenvalue weighted by molar-refractivity contribution is -0.252. The molecule has 3 N–H and O–H groups in total. The number of ether oxygens (including phenoxy) is 2. The highest BCUT2D eigenvalue weighted by Crippen LogP contribution is 2.38. The maximum Gasteiger partial charge on any atom is 0.184 e. The van der Waals surface area contributed by atoms with Gasteiger partial charge in [-0.25, -0.2) is 0 Å². The summed E-state index contributed by atoms with van der Waals surface area (Å²) in [5.41, 5.74) is 13.5. The van der Waals surface area contributed by atoms with Crippen LogP contribution in [0.4, 0.5) is 0 Å². The van der Waals surface area contributed by atoms with Crippen LogP contribution in [0.3, 0.4) is 0 Å². The predicted octanol–water partition coefficient (Wildman–Crippen LogP) is 5.98. The van der Waals surface area contributed by atoms with Gasteiger partial charge in [-0.05, 0) is 46.5 Å². The lowest BCUT2D eigenvalue weighted by Gasteiger charge is -2.38. The Balaban J connectivity index is 1.35. The summed E-state index contributed by atoms with van der Waals surface area (Å²) >= 11 is 0. The molecule has 4 aromatic rings. The van der Waals surface area contributed by atoms with Gasteiger partial charge < -0.3 is 20.3 Å². The molecule has 3 atom stereocenters. The SMILES string of the molecule is CN(Cc1ccccc1)CC1CC(c2ccc(CO)cc2)OC(c2ccc(-c3cccc(CN)c3)cc2)O1. The summed E-state index contributed by atoms with van der Waals surface area (Å²) in [7, 11) is 2.14. The van der Waals surface area contributed by atoms with Crippen LogP contribution < -0.4 is 5.73 Å². The van der Waals surface area contributed by atoms with E-state index in [0.717, 1.165) is 52.9 Å². The number of rotatable bonds is 9. The van der Waals surface area contributed by atoms with Crippen molar-refractivity contribution in [1.29, 1.82) is 0 Å². The van der Waals surface area contributed by atoms with Crippen LogP contribution in [0, 0.1) is 0 Å². The standard InChI is InChI=1S/C33H36N2O3/c1-35(21-24-6-3-2-4-7-24)22-31-19-32(28-12-10-25(23-36)11-13-28)38-33(37-31)29-16-14-27(15-17-29)30-9-5-8-26(18-30)20-34/h2-18,31-33,36H,19-23,34H2,1H3. The van der Waals surface area contributed by atoms with Gasteiger partial charge in [0.05, 0.1) is 18.8 Å². The third kappa shape index (κ3) is 6.57. The van der Waals surface area contributed by atoms with Crippen LogP contribution in [-0.2, 0) is 29.2 Å². The molecule has 5 heteroatoms. The molecule has 5 nitrogen and oxygen atoms in total. The number of hydrogen-bond donors (Lipinski definition) is 2. The van der Waals surface area contributed by atoms with Gasteiger partial charge in [-0.2, -0.15) is 0 Å². The van der Waals surface area contributed by atoms with Crippen LogP contribution in [0.25, 0.3) is 11.1 Å². The summed E-state index contributed by atoms with van der Waals surface area (Å²) < 4.78 is 13.1. The number of nitrogens with two attached hydrogens (primary N) is 1. The van der Waals surface area contributed by atoms with Crippen molar-refractivity contribution in [2.24, 2.45) is 5.73 Å². The molecule has 38 heavy (non-hydrogen) atoms. The molecule has 0 bridgehead atoms. The number of aliphatic hydroxyl groups excluding tert-OH is 1. The lowest BCUT2D eigenvalue weighted by atomic mass is 9.99. The third-order valence-electron chi connectivity index (χ3n) is 7.10. The minimum absolute atomic E-state index is 0.00546. The van der Waals surface area contributed by atoms with Crippen LogP contribution in [0.5, 0.6) is 0 Å². The lowest BCUT2D eigenvalue weighted by Crippen LogP contribution is -2.37. The van der Waals surface area contributed by atoms with Crippen molar-refractivity contribution in [3.05, 3.63) is 131 Å². The number of nitrogens with zero attached hydrogens (tertiary/aromatic N) is 1. The monoisotopic (exact) mass is 508 g/mol. The third-order valence-corrected chi connectivity index (χ3v) is 7.10. The van der Waals surface area contributed by atoms with Gasteiger partial charge in [0.25, 0.3) is 0 Å². The average Bonchev–Trinajstić information content (AvgIpc) is 2.97. The molecular weight excluding hydrogens is 472 g/mol. The largest absolute Gasteiger partial charge is 0.392 e. The smallest absolute Gasteiger partial charge is 0.184 e. The van der Waals surface area contributed by atoms with E-state index < -0.39 is 6.29 Å². The first kappa shape index (κ1) is 26.3. The van der Waals surface area contributed by atoms with Crippen LogP contribution in [-0.4, -0.2) is 29.7 Å². The van der Waals surface area contributed by atoms with E-state index in [1.165, 1.54) is 5.56 Å². The molecule has 5 rings (SSSR count). The van der Waals surface area contributed by atoms with E-state index in [1.807, 2.05) is 30.3 Å². The van der Waals surface area contributed by atoms with E-state index in [4.69, 9.17) is 15.2 Å². The van der Waals surface area contributed by atoms with Crippen molar-refractivity contribution in [2.45, 2.75) is 44.6 Å². The Kier molecular flexibility index (Phi) is 8.64. The molecule has 0 aliphatic carbocycles. The van der Waals surface area contributed by atoms with Crippen LogP contribution in [0.1, 0.15) is 46.6 Å². The fourth-order valence-electron chi connectivity index (χ4n) is 5.05. The summed E-state index contributed by atoms with van der Waals surface area (Å²) in [5, 5.41) is 9.46. The second-order valence-corrected chi connectivity index (χ2v) is 10.1. The van der Waals surface area contributed by atoms with E-state index in [-0.39, 0.29) is 18.8 Å². The topological polar surface area (TPSA) is 68.0 Å². The second-order valence-electron chi connectivity index (χ2n) is 10.1. The first-order chi connectivity index (χ1) is 18.6. The van der Waals surface area contributed by atoms with Crippen molar-refractivity contribution < 1.29 is 14.6 Å². The van der Waals surface area contributed by atoms with E-state index in [1.54, 1.807) is 0 Å². The molecular formula is C33H36N2O3. The molecule has 1 fully saturated rings. The average molecular weight is 509 g/mol. The summed E-state index contributed by atoms with van der Waals surface area (Å²) in [4.78, 5) is 2.31. The molecule has 0 radical (unpaired) electrons. The summed E-state index contributed by atoms with van der Waals surface area (Å²) in [6.07, 6.45) is 0.201. The minimum Gasteiger partial charge on any atom is -0.392 e. The zero-order valence-corrected chi connectivity index (χ0v) is 21.9. The molecule has 0 amide bonds. The summed E-state index contributed by atoms with van der Waals surface area (Å²) in [6, 6.07) is 35.3. The summed E-state index contributed by atoms with van der Waals surface area (Å²) in [6.45, 7) is 2.21. The molecule has 0 saturated carbocycles. The maximum absolute atomic E-state index is 9.46. The zero-order chi connectivity index (χ0) is 26.3. The number of aliphatic hydroxyl groups is 1. The van der Waals surface area contributed by atoms with Gasteiger partial charge in [0.2, 0.25) is 0 Å². The van der Waals surface area contributed by atoms with Gasteiger partial charge >= 0.3 is 0 Å². The fraction of sp³-hybridized carbons (Fsp3) is 0.273. The Hall–Kier alpha value is -3.32. The van der Waals surface area contributed by atoms with E-state index >= 15 is 0 Å². The normalized spacial score (nSPS) is 19.5. The van der Waals surface area contributed by atoms with Crippen molar-refractivity contribution >= 4 is 0 Å². The Morgan fingerprint density at radius 2 is 1.47 bits per heavy atom.